The minimum Gasteiger partial charge on any atom is -0.465 e. The Morgan fingerprint density at radius 3 is 2.19 bits per heavy atom. The summed E-state index contributed by atoms with van der Waals surface area (Å²) in [7, 11) is 0. The summed E-state index contributed by atoms with van der Waals surface area (Å²) < 4.78 is 4.95. The molecular formula is C16H22ClNO3. The van der Waals surface area contributed by atoms with Crippen LogP contribution in [0, 0.1) is 0 Å². The van der Waals surface area contributed by atoms with Crippen molar-refractivity contribution >= 4 is 29.2 Å². The molecule has 116 valence electrons. The van der Waals surface area contributed by atoms with Gasteiger partial charge in [0, 0.05) is 5.69 Å². The number of carbonyl (C=O) groups is 2. The van der Waals surface area contributed by atoms with Crippen LogP contribution in [0.4, 0.5) is 5.69 Å². The summed E-state index contributed by atoms with van der Waals surface area (Å²) in [5, 5.41) is 0. The van der Waals surface area contributed by atoms with E-state index in [1.165, 1.54) is 4.90 Å². The first-order valence-electron chi connectivity index (χ1n) is 7.20. The number of nitrogens with zero attached hydrogens (tertiary/aromatic N) is 1. The van der Waals surface area contributed by atoms with Gasteiger partial charge in [-0.2, -0.15) is 0 Å². The van der Waals surface area contributed by atoms with Crippen molar-refractivity contribution in [1.29, 1.82) is 0 Å². The maximum atomic E-state index is 12.8. The second-order valence-electron chi connectivity index (χ2n) is 4.70. The lowest BCUT2D eigenvalue weighted by Gasteiger charge is -2.31. The number of carbonyl (C=O) groups excluding carboxylic acids is 2. The lowest BCUT2D eigenvalue weighted by molar-refractivity contribution is -0.142. The van der Waals surface area contributed by atoms with Gasteiger partial charge >= 0.3 is 5.97 Å². The first-order valence-corrected chi connectivity index (χ1v) is 7.57. The quantitative estimate of drug-likeness (QED) is 0.573. The summed E-state index contributed by atoms with van der Waals surface area (Å²) in [5.41, 5.74) is 0.641. The number of halogens is 1. The van der Waals surface area contributed by atoms with E-state index in [-0.39, 0.29) is 19.1 Å². The van der Waals surface area contributed by atoms with Crippen LogP contribution < -0.4 is 4.90 Å². The van der Waals surface area contributed by atoms with Gasteiger partial charge in [0.1, 0.15) is 11.4 Å². The van der Waals surface area contributed by atoms with E-state index in [0.717, 1.165) is 0 Å². The molecule has 0 saturated heterocycles. The van der Waals surface area contributed by atoms with E-state index in [2.05, 4.69) is 0 Å². The Morgan fingerprint density at radius 2 is 1.71 bits per heavy atom. The zero-order valence-corrected chi connectivity index (χ0v) is 13.5. The number of rotatable bonds is 7. The topological polar surface area (TPSA) is 46.6 Å². The number of esters is 1. The molecule has 1 rings (SSSR count). The Labute approximate surface area is 131 Å². The van der Waals surface area contributed by atoms with Crippen molar-refractivity contribution in [2.45, 2.75) is 38.5 Å². The maximum absolute atomic E-state index is 12.8. The molecule has 1 aromatic rings. The normalized spacial score (nSPS) is 11.0. The van der Waals surface area contributed by atoms with Gasteiger partial charge in [0.25, 0.3) is 0 Å². The predicted octanol–water partition coefficient (Wildman–Crippen LogP) is 3.38. The predicted molar refractivity (Wildman–Crippen MR) is 84.6 cm³/mol. The second kappa shape index (κ2) is 8.03. The molecule has 0 spiro atoms. The molecule has 0 fully saturated rings. The van der Waals surface area contributed by atoms with E-state index in [4.69, 9.17) is 16.3 Å². The highest BCUT2D eigenvalue weighted by atomic mass is 35.5. The van der Waals surface area contributed by atoms with Gasteiger partial charge in [0.15, 0.2) is 0 Å². The van der Waals surface area contributed by atoms with Gasteiger partial charge < -0.3 is 4.74 Å². The molecule has 0 aliphatic carbocycles. The van der Waals surface area contributed by atoms with Crippen LogP contribution in [-0.4, -0.2) is 29.9 Å². The highest BCUT2D eigenvalue weighted by Crippen LogP contribution is 2.29. The van der Waals surface area contributed by atoms with Crippen LogP contribution in [0.5, 0.6) is 0 Å². The summed E-state index contributed by atoms with van der Waals surface area (Å²) >= 11 is 6.42. The van der Waals surface area contributed by atoms with Gasteiger partial charge in [-0.15, -0.1) is 11.6 Å². The van der Waals surface area contributed by atoms with Crippen LogP contribution in [0.1, 0.15) is 33.6 Å². The zero-order valence-electron chi connectivity index (χ0n) is 12.8. The fourth-order valence-electron chi connectivity index (χ4n) is 2.02. The van der Waals surface area contributed by atoms with E-state index in [1.807, 2.05) is 32.0 Å². The number of para-hydroxylation sites is 1. The highest BCUT2D eigenvalue weighted by molar-refractivity contribution is 6.37. The Kier molecular flexibility index (Phi) is 6.69. The van der Waals surface area contributed by atoms with Crippen molar-refractivity contribution in [2.75, 3.05) is 18.1 Å². The van der Waals surface area contributed by atoms with Gasteiger partial charge in [-0.3, -0.25) is 14.5 Å². The van der Waals surface area contributed by atoms with E-state index >= 15 is 0 Å². The standard InChI is InChI=1S/C16H22ClNO3/c1-4-16(17,5-2)15(20)18(12-14(19)21-6-3)13-10-8-7-9-11-13/h7-11H,4-6,12H2,1-3H3. The van der Waals surface area contributed by atoms with Crippen molar-refractivity contribution in [1.82, 2.24) is 0 Å². The molecule has 0 heterocycles. The minimum absolute atomic E-state index is 0.134. The number of anilines is 1. The van der Waals surface area contributed by atoms with Crippen LogP contribution in [0.2, 0.25) is 0 Å². The molecule has 5 heteroatoms. The molecule has 0 saturated carbocycles. The van der Waals surface area contributed by atoms with Gasteiger partial charge in [0.2, 0.25) is 5.91 Å². The summed E-state index contributed by atoms with van der Waals surface area (Å²) in [6, 6.07) is 9.03. The monoisotopic (exact) mass is 311 g/mol. The SMILES string of the molecule is CCOC(=O)CN(C(=O)C(Cl)(CC)CC)c1ccccc1. The molecule has 4 nitrogen and oxygen atoms in total. The number of hydrogen-bond donors (Lipinski definition) is 0. The minimum atomic E-state index is -0.998. The van der Waals surface area contributed by atoms with Crippen molar-refractivity contribution in [2.24, 2.45) is 0 Å². The largest absolute Gasteiger partial charge is 0.465 e. The molecule has 0 aliphatic rings. The summed E-state index contributed by atoms with van der Waals surface area (Å²) in [4.78, 5) is 24.9. The van der Waals surface area contributed by atoms with E-state index in [1.54, 1.807) is 19.1 Å². The Morgan fingerprint density at radius 1 is 1.14 bits per heavy atom. The number of alkyl halides is 1. The van der Waals surface area contributed by atoms with Crippen molar-refractivity contribution < 1.29 is 14.3 Å². The highest BCUT2D eigenvalue weighted by Gasteiger charge is 2.37. The molecule has 21 heavy (non-hydrogen) atoms. The van der Waals surface area contributed by atoms with E-state index in [0.29, 0.717) is 18.5 Å². The average Bonchev–Trinajstić information content (AvgIpc) is 2.52. The first-order chi connectivity index (χ1) is 9.98. The lowest BCUT2D eigenvalue weighted by Crippen LogP contribution is -2.47. The molecule has 1 aromatic carbocycles. The van der Waals surface area contributed by atoms with Gasteiger partial charge in [0.05, 0.1) is 6.61 Å². The third-order valence-electron chi connectivity index (χ3n) is 3.41. The van der Waals surface area contributed by atoms with Crippen molar-refractivity contribution in [3.63, 3.8) is 0 Å². The first kappa shape index (κ1) is 17.5. The van der Waals surface area contributed by atoms with Crippen LogP contribution in [0.3, 0.4) is 0 Å². The van der Waals surface area contributed by atoms with Gasteiger partial charge in [-0.25, -0.2) is 0 Å². The maximum Gasteiger partial charge on any atom is 0.326 e. The smallest absolute Gasteiger partial charge is 0.326 e. The van der Waals surface area contributed by atoms with Crippen LogP contribution in [0.15, 0.2) is 30.3 Å². The summed E-state index contributed by atoms with van der Waals surface area (Å²) in [6.07, 6.45) is 0.992. The number of ether oxygens (including phenoxy) is 1. The Hall–Kier alpha value is -1.55. The molecule has 0 aliphatic heterocycles. The van der Waals surface area contributed by atoms with Gasteiger partial charge in [-0.1, -0.05) is 32.0 Å². The molecule has 0 unspecified atom stereocenters. The lowest BCUT2D eigenvalue weighted by atomic mass is 10.00. The fourth-order valence-corrected chi connectivity index (χ4v) is 2.12. The molecule has 0 radical (unpaired) electrons. The van der Waals surface area contributed by atoms with Crippen molar-refractivity contribution in [3.8, 4) is 0 Å². The molecule has 0 atom stereocenters. The molecule has 0 N–H and O–H groups in total. The number of amides is 1. The molecule has 1 amide bonds. The second-order valence-corrected chi connectivity index (χ2v) is 5.43. The zero-order chi connectivity index (χ0) is 15.9. The fraction of sp³-hybridized carbons (Fsp3) is 0.500. The van der Waals surface area contributed by atoms with E-state index in [9.17, 15) is 9.59 Å². The number of benzene rings is 1. The van der Waals surface area contributed by atoms with Crippen LogP contribution in [0.25, 0.3) is 0 Å². The molecule has 0 aromatic heterocycles. The molecule has 0 bridgehead atoms. The Balaban J connectivity index is 3.08. The van der Waals surface area contributed by atoms with Gasteiger partial charge in [-0.05, 0) is 31.9 Å². The third kappa shape index (κ3) is 4.46. The number of hydrogen-bond acceptors (Lipinski definition) is 3. The Bertz CT molecular complexity index is 472. The summed E-state index contributed by atoms with van der Waals surface area (Å²) in [5.74, 6) is -0.714. The molecular weight excluding hydrogens is 290 g/mol. The third-order valence-corrected chi connectivity index (χ3v) is 4.11. The van der Waals surface area contributed by atoms with Crippen LogP contribution >= 0.6 is 11.6 Å². The summed E-state index contributed by atoms with van der Waals surface area (Å²) in [6.45, 7) is 5.61. The van der Waals surface area contributed by atoms with E-state index < -0.39 is 10.8 Å². The van der Waals surface area contributed by atoms with Crippen molar-refractivity contribution in [3.05, 3.63) is 30.3 Å². The van der Waals surface area contributed by atoms with Crippen LogP contribution in [-0.2, 0) is 14.3 Å². The average molecular weight is 312 g/mol.